The van der Waals surface area contributed by atoms with Crippen molar-refractivity contribution in [2.75, 3.05) is 5.88 Å². The van der Waals surface area contributed by atoms with Gasteiger partial charge in [-0.05, 0) is 19.1 Å². The van der Waals surface area contributed by atoms with Crippen LogP contribution in [-0.4, -0.2) is 30.2 Å². The van der Waals surface area contributed by atoms with E-state index in [1.807, 2.05) is 43.1 Å². The predicted molar refractivity (Wildman–Crippen MR) is 74.8 cm³/mol. The van der Waals surface area contributed by atoms with Gasteiger partial charge in [-0.2, -0.15) is 5.10 Å². The van der Waals surface area contributed by atoms with E-state index >= 15 is 0 Å². The summed E-state index contributed by atoms with van der Waals surface area (Å²) in [5.74, 6) is 1.44. The summed E-state index contributed by atoms with van der Waals surface area (Å²) < 4.78 is 3.79. The molecule has 6 heteroatoms. The maximum absolute atomic E-state index is 5.86. The van der Waals surface area contributed by atoms with Crippen LogP contribution < -0.4 is 0 Å². The van der Waals surface area contributed by atoms with Crippen molar-refractivity contribution in [2.24, 2.45) is 7.05 Å². The van der Waals surface area contributed by atoms with Gasteiger partial charge >= 0.3 is 0 Å². The molecule has 0 spiro atoms. The highest BCUT2D eigenvalue weighted by Gasteiger charge is 2.14. The van der Waals surface area contributed by atoms with Crippen molar-refractivity contribution in [1.29, 1.82) is 0 Å². The van der Waals surface area contributed by atoms with E-state index in [2.05, 4.69) is 15.1 Å². The quantitative estimate of drug-likeness (QED) is 0.689. The van der Waals surface area contributed by atoms with Crippen molar-refractivity contribution < 1.29 is 0 Å². The third kappa shape index (κ3) is 2.10. The number of halogens is 1. The van der Waals surface area contributed by atoms with E-state index in [4.69, 9.17) is 11.6 Å². The van der Waals surface area contributed by atoms with Gasteiger partial charge in [0.25, 0.3) is 0 Å². The minimum atomic E-state index is 0.530. The zero-order valence-electron chi connectivity index (χ0n) is 10.8. The van der Waals surface area contributed by atoms with Crippen molar-refractivity contribution in [3.05, 3.63) is 36.0 Å². The fraction of sp³-hybridized carbons (Fsp3) is 0.308. The number of nitrogens with zero attached hydrogens (tertiary/aromatic N) is 5. The molecule has 0 atom stereocenters. The summed E-state index contributed by atoms with van der Waals surface area (Å²) in [6.45, 7) is 1.97. The van der Waals surface area contributed by atoms with Crippen LogP contribution in [0.15, 0.2) is 24.5 Å². The third-order valence-electron chi connectivity index (χ3n) is 2.98. The molecule has 3 rings (SSSR count). The van der Waals surface area contributed by atoms with Crippen LogP contribution in [0.25, 0.3) is 16.9 Å². The molecule has 0 aliphatic carbocycles. The van der Waals surface area contributed by atoms with E-state index in [1.165, 1.54) is 0 Å². The van der Waals surface area contributed by atoms with Crippen LogP contribution in [0, 0.1) is 6.92 Å². The standard InChI is InChI=1S/C13H14ClN5/c1-9-3-4-11-13(16-9)19(12(17-11)5-6-14)10-7-15-18(2)8-10/h3-4,7-8H,5-6H2,1-2H3. The molecule has 0 bridgehead atoms. The Morgan fingerprint density at radius 3 is 2.79 bits per heavy atom. The lowest BCUT2D eigenvalue weighted by atomic mass is 10.3. The number of pyridine rings is 1. The van der Waals surface area contributed by atoms with Crippen molar-refractivity contribution >= 4 is 22.8 Å². The van der Waals surface area contributed by atoms with E-state index in [-0.39, 0.29) is 0 Å². The molecule has 0 saturated heterocycles. The van der Waals surface area contributed by atoms with Gasteiger partial charge in [-0.15, -0.1) is 11.6 Å². The SMILES string of the molecule is Cc1ccc2nc(CCCl)n(-c3cnn(C)c3)c2n1. The maximum Gasteiger partial charge on any atom is 0.165 e. The molecule has 0 unspecified atom stereocenters. The van der Waals surface area contributed by atoms with E-state index < -0.39 is 0 Å². The molecule has 3 heterocycles. The molecular weight excluding hydrogens is 262 g/mol. The van der Waals surface area contributed by atoms with Crippen LogP contribution in [0.2, 0.25) is 0 Å². The van der Waals surface area contributed by atoms with Gasteiger partial charge in [0.15, 0.2) is 5.65 Å². The number of imidazole rings is 1. The Balaban J connectivity index is 2.29. The highest BCUT2D eigenvalue weighted by molar-refractivity contribution is 6.17. The first-order valence-electron chi connectivity index (χ1n) is 6.09. The average Bonchev–Trinajstić information content (AvgIpc) is 2.93. The summed E-state index contributed by atoms with van der Waals surface area (Å²) in [5.41, 5.74) is 3.67. The van der Waals surface area contributed by atoms with Gasteiger partial charge in [0, 0.05) is 31.2 Å². The summed E-state index contributed by atoms with van der Waals surface area (Å²) >= 11 is 5.86. The lowest BCUT2D eigenvalue weighted by molar-refractivity contribution is 0.767. The van der Waals surface area contributed by atoms with Crippen LogP contribution in [0.5, 0.6) is 0 Å². The highest BCUT2D eigenvalue weighted by Crippen LogP contribution is 2.20. The second-order valence-electron chi connectivity index (χ2n) is 4.47. The molecule has 0 N–H and O–H groups in total. The van der Waals surface area contributed by atoms with Crippen LogP contribution in [0.3, 0.4) is 0 Å². The number of aryl methyl sites for hydroxylation is 3. The number of rotatable bonds is 3. The summed E-state index contributed by atoms with van der Waals surface area (Å²) in [7, 11) is 1.89. The lowest BCUT2D eigenvalue weighted by Crippen LogP contribution is -2.02. The summed E-state index contributed by atoms with van der Waals surface area (Å²) in [5, 5.41) is 4.21. The van der Waals surface area contributed by atoms with E-state index in [0.717, 1.165) is 28.4 Å². The van der Waals surface area contributed by atoms with E-state index in [9.17, 15) is 0 Å². The molecule has 0 amide bonds. The van der Waals surface area contributed by atoms with Crippen molar-refractivity contribution in [1.82, 2.24) is 24.3 Å². The van der Waals surface area contributed by atoms with Crippen LogP contribution in [-0.2, 0) is 13.5 Å². The summed E-state index contributed by atoms with van der Waals surface area (Å²) in [6.07, 6.45) is 4.46. The Morgan fingerprint density at radius 1 is 1.26 bits per heavy atom. The second kappa shape index (κ2) is 4.66. The summed E-state index contributed by atoms with van der Waals surface area (Å²) in [6, 6.07) is 3.95. The molecule has 5 nitrogen and oxygen atoms in total. The fourth-order valence-electron chi connectivity index (χ4n) is 2.15. The minimum absolute atomic E-state index is 0.530. The number of hydrogen-bond acceptors (Lipinski definition) is 3. The number of hydrogen-bond donors (Lipinski definition) is 0. The Bertz CT molecular complexity index is 728. The fourth-order valence-corrected chi connectivity index (χ4v) is 2.32. The smallest absolute Gasteiger partial charge is 0.165 e. The molecule has 98 valence electrons. The monoisotopic (exact) mass is 275 g/mol. The van der Waals surface area contributed by atoms with Gasteiger partial charge < -0.3 is 0 Å². The first-order chi connectivity index (χ1) is 9.19. The van der Waals surface area contributed by atoms with Crippen LogP contribution >= 0.6 is 11.6 Å². The molecule has 0 aliphatic heterocycles. The highest BCUT2D eigenvalue weighted by atomic mass is 35.5. The topological polar surface area (TPSA) is 48.5 Å². The predicted octanol–water partition coefficient (Wildman–Crippen LogP) is 2.24. The zero-order chi connectivity index (χ0) is 13.4. The number of alkyl halides is 1. The van der Waals surface area contributed by atoms with Gasteiger partial charge in [-0.25, -0.2) is 9.97 Å². The zero-order valence-corrected chi connectivity index (χ0v) is 11.6. The molecule has 0 aromatic carbocycles. The van der Waals surface area contributed by atoms with Crippen LogP contribution in [0.1, 0.15) is 11.5 Å². The molecule has 0 radical (unpaired) electrons. The normalized spacial score (nSPS) is 11.3. The Hall–Kier alpha value is -1.88. The minimum Gasteiger partial charge on any atom is -0.277 e. The molecule has 3 aromatic rings. The van der Waals surface area contributed by atoms with Crippen LogP contribution in [0.4, 0.5) is 0 Å². The maximum atomic E-state index is 5.86. The first-order valence-corrected chi connectivity index (χ1v) is 6.62. The lowest BCUT2D eigenvalue weighted by Gasteiger charge is -2.04. The van der Waals surface area contributed by atoms with E-state index in [1.54, 1.807) is 4.68 Å². The van der Waals surface area contributed by atoms with Gasteiger partial charge in [-0.1, -0.05) is 0 Å². The molecular formula is C13H14ClN5. The van der Waals surface area contributed by atoms with Gasteiger partial charge in [0.1, 0.15) is 11.3 Å². The summed E-state index contributed by atoms with van der Waals surface area (Å²) in [4.78, 5) is 9.19. The molecule has 19 heavy (non-hydrogen) atoms. The molecule has 0 aliphatic rings. The van der Waals surface area contributed by atoms with Gasteiger partial charge in [-0.3, -0.25) is 9.25 Å². The van der Waals surface area contributed by atoms with Crippen molar-refractivity contribution in [3.8, 4) is 5.69 Å². The average molecular weight is 276 g/mol. The van der Waals surface area contributed by atoms with Gasteiger partial charge in [0.2, 0.25) is 0 Å². The van der Waals surface area contributed by atoms with Crippen molar-refractivity contribution in [2.45, 2.75) is 13.3 Å². The molecule has 0 fully saturated rings. The third-order valence-corrected chi connectivity index (χ3v) is 3.17. The Labute approximate surface area is 115 Å². The Kier molecular flexibility index (Phi) is 2.98. The Morgan fingerprint density at radius 2 is 2.11 bits per heavy atom. The first kappa shape index (κ1) is 12.2. The largest absolute Gasteiger partial charge is 0.277 e. The molecule has 3 aromatic heterocycles. The number of fused-ring (bicyclic) bond motifs is 1. The number of aromatic nitrogens is 5. The van der Waals surface area contributed by atoms with Crippen molar-refractivity contribution in [3.63, 3.8) is 0 Å². The second-order valence-corrected chi connectivity index (χ2v) is 4.85. The van der Waals surface area contributed by atoms with Gasteiger partial charge in [0.05, 0.1) is 11.9 Å². The molecule has 0 saturated carbocycles. The van der Waals surface area contributed by atoms with E-state index in [0.29, 0.717) is 12.3 Å².